The van der Waals surface area contributed by atoms with Gasteiger partial charge < -0.3 is 0 Å². The van der Waals surface area contributed by atoms with Crippen molar-refractivity contribution < 1.29 is 0 Å². The predicted molar refractivity (Wildman–Crippen MR) is 56.9 cm³/mol. The van der Waals surface area contributed by atoms with Gasteiger partial charge in [-0.2, -0.15) is 5.26 Å². The van der Waals surface area contributed by atoms with Gasteiger partial charge in [0.05, 0.1) is 11.6 Å². The molecule has 0 aliphatic heterocycles. The average Bonchev–Trinajstić information content (AvgIpc) is 3.00. The normalized spacial score (nSPS) is 15.6. The molecule has 1 aromatic rings. The second kappa shape index (κ2) is 3.46. The SMILES string of the molecule is [CH2]C(C)c1cc(C#N)ccc1C1CC1. The van der Waals surface area contributed by atoms with Crippen molar-refractivity contribution in [3.05, 3.63) is 41.8 Å². The highest BCUT2D eigenvalue weighted by Gasteiger charge is 2.26. The summed E-state index contributed by atoms with van der Waals surface area (Å²) in [6.45, 7) is 6.13. The summed E-state index contributed by atoms with van der Waals surface area (Å²) in [5.74, 6) is 1.01. The molecule has 2 rings (SSSR count). The monoisotopic (exact) mass is 184 g/mol. The molecule has 14 heavy (non-hydrogen) atoms. The summed E-state index contributed by atoms with van der Waals surface area (Å²) in [5.41, 5.74) is 3.41. The van der Waals surface area contributed by atoms with Crippen molar-refractivity contribution in [1.29, 1.82) is 5.26 Å². The van der Waals surface area contributed by atoms with E-state index in [2.05, 4.69) is 26.0 Å². The van der Waals surface area contributed by atoms with E-state index in [4.69, 9.17) is 5.26 Å². The Morgan fingerprint density at radius 1 is 1.50 bits per heavy atom. The Kier molecular flexibility index (Phi) is 2.29. The average molecular weight is 184 g/mol. The summed E-state index contributed by atoms with van der Waals surface area (Å²) in [5, 5.41) is 8.82. The van der Waals surface area contributed by atoms with E-state index in [0.29, 0.717) is 0 Å². The van der Waals surface area contributed by atoms with E-state index in [0.717, 1.165) is 11.5 Å². The van der Waals surface area contributed by atoms with E-state index in [1.807, 2.05) is 12.1 Å². The first kappa shape index (κ1) is 9.27. The van der Waals surface area contributed by atoms with Crippen molar-refractivity contribution in [1.82, 2.24) is 0 Å². The third-order valence-electron chi connectivity index (χ3n) is 2.76. The molecule has 0 amide bonds. The molecule has 0 heterocycles. The first-order chi connectivity index (χ1) is 6.72. The van der Waals surface area contributed by atoms with Crippen molar-refractivity contribution in [2.75, 3.05) is 0 Å². The molecule has 1 radical (unpaired) electrons. The Labute approximate surface area is 85.4 Å². The summed E-state index contributed by atoms with van der Waals surface area (Å²) in [6, 6.07) is 8.19. The number of rotatable bonds is 2. The van der Waals surface area contributed by atoms with Crippen LogP contribution < -0.4 is 0 Å². The number of nitriles is 1. The van der Waals surface area contributed by atoms with Gasteiger partial charge in [-0.25, -0.2) is 0 Å². The fraction of sp³-hybridized carbons (Fsp3) is 0.385. The van der Waals surface area contributed by atoms with E-state index in [9.17, 15) is 0 Å². The van der Waals surface area contributed by atoms with E-state index in [1.54, 1.807) is 0 Å². The fourth-order valence-corrected chi connectivity index (χ4v) is 1.84. The standard InChI is InChI=1S/C13H14N/c1-9(2)13-7-10(8-14)3-6-12(13)11-4-5-11/h3,6-7,9,11H,1,4-5H2,2H3. The summed E-state index contributed by atoms with van der Waals surface area (Å²) in [7, 11) is 0. The Hall–Kier alpha value is -1.29. The number of hydrogen-bond acceptors (Lipinski definition) is 1. The van der Waals surface area contributed by atoms with Crippen LogP contribution in [-0.2, 0) is 0 Å². The van der Waals surface area contributed by atoms with Crippen molar-refractivity contribution in [2.24, 2.45) is 0 Å². The summed E-state index contributed by atoms with van der Waals surface area (Å²) >= 11 is 0. The second-order valence-electron chi connectivity index (χ2n) is 4.13. The third-order valence-corrected chi connectivity index (χ3v) is 2.76. The van der Waals surface area contributed by atoms with Crippen LogP contribution in [0.1, 0.15) is 48.3 Å². The predicted octanol–water partition coefficient (Wildman–Crippen LogP) is 3.37. The molecule has 0 saturated heterocycles. The van der Waals surface area contributed by atoms with Gasteiger partial charge >= 0.3 is 0 Å². The summed E-state index contributed by atoms with van der Waals surface area (Å²) in [6.07, 6.45) is 2.59. The zero-order valence-corrected chi connectivity index (χ0v) is 8.46. The van der Waals surface area contributed by atoms with Gasteiger partial charge in [0.15, 0.2) is 0 Å². The van der Waals surface area contributed by atoms with Gasteiger partial charge in [0.2, 0.25) is 0 Å². The lowest BCUT2D eigenvalue weighted by atomic mass is 9.93. The third kappa shape index (κ3) is 1.65. The highest BCUT2D eigenvalue weighted by atomic mass is 14.3. The minimum Gasteiger partial charge on any atom is -0.192 e. The van der Waals surface area contributed by atoms with Gasteiger partial charge in [-0.05, 0) is 54.9 Å². The van der Waals surface area contributed by atoms with E-state index in [-0.39, 0.29) is 5.92 Å². The number of hydrogen-bond donors (Lipinski definition) is 0. The van der Waals surface area contributed by atoms with Crippen LogP contribution in [0.5, 0.6) is 0 Å². The van der Waals surface area contributed by atoms with Crippen LogP contribution in [0.4, 0.5) is 0 Å². The second-order valence-corrected chi connectivity index (χ2v) is 4.13. The van der Waals surface area contributed by atoms with Crippen LogP contribution in [0.25, 0.3) is 0 Å². The largest absolute Gasteiger partial charge is 0.192 e. The Morgan fingerprint density at radius 2 is 2.21 bits per heavy atom. The summed E-state index contributed by atoms with van der Waals surface area (Å²) in [4.78, 5) is 0. The van der Waals surface area contributed by atoms with Gasteiger partial charge in [0.1, 0.15) is 0 Å². The molecule has 0 bridgehead atoms. The first-order valence-electron chi connectivity index (χ1n) is 5.09. The molecule has 1 nitrogen and oxygen atoms in total. The minimum absolute atomic E-state index is 0.277. The van der Waals surface area contributed by atoms with Gasteiger partial charge in [-0.15, -0.1) is 0 Å². The van der Waals surface area contributed by atoms with Gasteiger partial charge in [-0.1, -0.05) is 13.0 Å². The van der Waals surface area contributed by atoms with E-state index in [1.165, 1.54) is 24.0 Å². The molecule has 1 aliphatic carbocycles. The maximum absolute atomic E-state index is 8.82. The fourth-order valence-electron chi connectivity index (χ4n) is 1.84. The Balaban J connectivity index is 2.44. The van der Waals surface area contributed by atoms with Crippen LogP contribution in [0.15, 0.2) is 18.2 Å². The van der Waals surface area contributed by atoms with E-state index < -0.39 is 0 Å². The Bertz CT molecular complexity index is 381. The Morgan fingerprint density at radius 3 is 2.71 bits per heavy atom. The van der Waals surface area contributed by atoms with Crippen molar-refractivity contribution in [3.63, 3.8) is 0 Å². The molecule has 1 atom stereocenters. The van der Waals surface area contributed by atoms with Crippen molar-refractivity contribution >= 4 is 0 Å². The van der Waals surface area contributed by atoms with Crippen LogP contribution in [-0.4, -0.2) is 0 Å². The zero-order chi connectivity index (χ0) is 10.1. The molecule has 1 heteroatoms. The summed E-state index contributed by atoms with van der Waals surface area (Å²) < 4.78 is 0. The van der Waals surface area contributed by atoms with Crippen LogP contribution in [0, 0.1) is 18.3 Å². The molecule has 1 saturated carbocycles. The van der Waals surface area contributed by atoms with Crippen LogP contribution in [0.2, 0.25) is 0 Å². The van der Waals surface area contributed by atoms with Gasteiger partial charge in [0, 0.05) is 0 Å². The lowest BCUT2D eigenvalue weighted by Crippen LogP contribution is -1.95. The van der Waals surface area contributed by atoms with Gasteiger partial charge in [0.25, 0.3) is 0 Å². The van der Waals surface area contributed by atoms with Crippen molar-refractivity contribution in [2.45, 2.75) is 31.6 Å². The molecule has 0 spiro atoms. The number of nitrogens with zero attached hydrogens (tertiary/aromatic N) is 1. The number of benzene rings is 1. The van der Waals surface area contributed by atoms with Crippen LogP contribution >= 0.6 is 0 Å². The maximum Gasteiger partial charge on any atom is 0.0991 e. The molecule has 1 aromatic carbocycles. The highest BCUT2D eigenvalue weighted by molar-refractivity contribution is 5.43. The minimum atomic E-state index is 0.277. The lowest BCUT2D eigenvalue weighted by Gasteiger charge is -2.12. The molecular formula is C13H14N. The van der Waals surface area contributed by atoms with E-state index >= 15 is 0 Å². The molecule has 71 valence electrons. The lowest BCUT2D eigenvalue weighted by molar-refractivity contribution is 0.920. The quantitative estimate of drug-likeness (QED) is 0.691. The molecule has 0 N–H and O–H groups in total. The topological polar surface area (TPSA) is 23.8 Å². The molecule has 1 fully saturated rings. The van der Waals surface area contributed by atoms with Gasteiger partial charge in [-0.3, -0.25) is 0 Å². The molecule has 1 unspecified atom stereocenters. The maximum atomic E-state index is 8.82. The first-order valence-corrected chi connectivity index (χ1v) is 5.09. The van der Waals surface area contributed by atoms with Crippen molar-refractivity contribution in [3.8, 4) is 6.07 Å². The van der Waals surface area contributed by atoms with Crippen LogP contribution in [0.3, 0.4) is 0 Å². The molecule has 0 aromatic heterocycles. The smallest absolute Gasteiger partial charge is 0.0991 e. The molecular weight excluding hydrogens is 170 g/mol. The zero-order valence-electron chi connectivity index (χ0n) is 8.46. The molecule has 1 aliphatic rings. The highest BCUT2D eigenvalue weighted by Crippen LogP contribution is 2.43.